The van der Waals surface area contributed by atoms with Crippen molar-refractivity contribution in [2.24, 2.45) is 0 Å². The van der Waals surface area contributed by atoms with E-state index in [1.165, 1.54) is 25.1 Å². The number of carbonyl (C=O) groups is 2. The molecule has 0 saturated heterocycles. The van der Waals surface area contributed by atoms with Gasteiger partial charge < -0.3 is 10.1 Å². The third kappa shape index (κ3) is 6.38. The number of ether oxygens (including phenoxy) is 1. The highest BCUT2D eigenvalue weighted by atomic mass is 79.9. The first-order valence-corrected chi connectivity index (χ1v) is 11.2. The third-order valence-electron chi connectivity index (χ3n) is 3.83. The minimum absolute atomic E-state index is 0.00613. The van der Waals surface area contributed by atoms with Crippen LogP contribution in [-0.4, -0.2) is 32.4 Å². The number of nitrogens with one attached hydrogen (secondary N) is 2. The molecule has 2 rings (SSSR count). The minimum atomic E-state index is -3.78. The number of hydrogen-bond acceptors (Lipinski definition) is 5. The highest BCUT2D eigenvalue weighted by Gasteiger charge is 2.23. The normalized spacial score (nSPS) is 12.5. The van der Waals surface area contributed by atoms with Gasteiger partial charge in [0.1, 0.15) is 0 Å². The monoisotopic (exact) mass is 482 g/mol. The first-order chi connectivity index (χ1) is 13.5. The van der Waals surface area contributed by atoms with E-state index in [1.54, 1.807) is 26.0 Å². The molecule has 2 aromatic carbocycles. The van der Waals surface area contributed by atoms with Gasteiger partial charge in [-0.2, -0.15) is 0 Å². The molecule has 0 bridgehead atoms. The smallest absolute Gasteiger partial charge is 0.340 e. The maximum absolute atomic E-state index is 12.5. The summed E-state index contributed by atoms with van der Waals surface area (Å²) in [7, 11) is -3.78. The van der Waals surface area contributed by atoms with E-state index in [4.69, 9.17) is 4.74 Å². The van der Waals surface area contributed by atoms with Gasteiger partial charge in [-0.05, 0) is 74.0 Å². The predicted molar refractivity (Wildman–Crippen MR) is 114 cm³/mol. The van der Waals surface area contributed by atoms with E-state index in [1.807, 2.05) is 19.1 Å². The number of anilines is 1. The van der Waals surface area contributed by atoms with Gasteiger partial charge in [0.2, 0.25) is 10.0 Å². The van der Waals surface area contributed by atoms with E-state index < -0.39 is 28.0 Å². The van der Waals surface area contributed by atoms with Crippen LogP contribution < -0.4 is 10.0 Å². The molecule has 0 aliphatic carbocycles. The summed E-state index contributed by atoms with van der Waals surface area (Å²) in [4.78, 5) is 24.8. The van der Waals surface area contributed by atoms with E-state index in [0.29, 0.717) is 10.2 Å². The Morgan fingerprint density at radius 2 is 1.66 bits per heavy atom. The Hall–Kier alpha value is -2.23. The fourth-order valence-corrected chi connectivity index (χ4v) is 4.05. The minimum Gasteiger partial charge on any atom is -0.449 e. The second-order valence-corrected chi connectivity index (χ2v) is 9.39. The highest BCUT2D eigenvalue weighted by molar-refractivity contribution is 9.10. The van der Waals surface area contributed by atoms with Crippen molar-refractivity contribution in [2.45, 2.75) is 44.7 Å². The summed E-state index contributed by atoms with van der Waals surface area (Å²) in [5.74, 6) is -1.31. The molecule has 0 heterocycles. The van der Waals surface area contributed by atoms with Gasteiger partial charge in [0.05, 0.1) is 10.5 Å². The molecule has 0 radical (unpaired) electrons. The van der Waals surface area contributed by atoms with Gasteiger partial charge in [0.25, 0.3) is 5.91 Å². The number of hydrogen-bond donors (Lipinski definition) is 2. The van der Waals surface area contributed by atoms with Crippen molar-refractivity contribution in [2.75, 3.05) is 5.32 Å². The number of halogens is 1. The summed E-state index contributed by atoms with van der Waals surface area (Å²) in [6.07, 6.45) is -1.08. The van der Waals surface area contributed by atoms with Crippen LogP contribution in [0.3, 0.4) is 0 Å². The van der Waals surface area contributed by atoms with Crippen LogP contribution in [0.2, 0.25) is 0 Å². The predicted octanol–water partition coefficient (Wildman–Crippen LogP) is 3.63. The molecule has 7 nitrogen and oxygen atoms in total. The average molecular weight is 483 g/mol. The Morgan fingerprint density at radius 1 is 1.03 bits per heavy atom. The quantitative estimate of drug-likeness (QED) is 0.586. The standard InChI is InChI=1S/C20H23BrN2O5S/c1-12(2)23-29(26,27)16-9-10-18(21)17(11-16)20(25)28-14(4)19(24)22-15-7-5-13(3)6-8-15/h5-12,14,23H,1-4H3,(H,22,24)/t14-/m1/s1. The Labute approximate surface area is 179 Å². The zero-order valence-electron chi connectivity index (χ0n) is 16.5. The van der Waals surface area contributed by atoms with Gasteiger partial charge in [-0.25, -0.2) is 17.9 Å². The summed E-state index contributed by atoms with van der Waals surface area (Å²) in [5.41, 5.74) is 1.64. The van der Waals surface area contributed by atoms with Crippen molar-refractivity contribution >= 4 is 43.5 Å². The topological polar surface area (TPSA) is 102 Å². The van der Waals surface area contributed by atoms with E-state index in [9.17, 15) is 18.0 Å². The Bertz CT molecular complexity index is 1000. The van der Waals surface area contributed by atoms with Crippen molar-refractivity contribution in [3.63, 3.8) is 0 Å². The van der Waals surface area contributed by atoms with Crippen LogP contribution in [-0.2, 0) is 19.6 Å². The number of carbonyl (C=O) groups excluding carboxylic acids is 2. The maximum atomic E-state index is 12.5. The molecule has 156 valence electrons. The van der Waals surface area contributed by atoms with Gasteiger partial charge in [-0.1, -0.05) is 17.7 Å². The first-order valence-electron chi connectivity index (χ1n) is 8.90. The van der Waals surface area contributed by atoms with Crippen LogP contribution in [0.1, 0.15) is 36.7 Å². The van der Waals surface area contributed by atoms with Gasteiger partial charge >= 0.3 is 5.97 Å². The number of rotatable bonds is 7. The van der Waals surface area contributed by atoms with Gasteiger partial charge in [0, 0.05) is 16.2 Å². The first kappa shape index (κ1) is 23.1. The van der Waals surface area contributed by atoms with E-state index >= 15 is 0 Å². The Kier molecular flexibility index (Phi) is 7.56. The lowest BCUT2D eigenvalue weighted by Gasteiger charge is -2.15. The molecule has 2 aromatic rings. The summed E-state index contributed by atoms with van der Waals surface area (Å²) in [6, 6.07) is 10.9. The zero-order chi connectivity index (χ0) is 21.8. The number of esters is 1. The molecule has 1 atom stereocenters. The summed E-state index contributed by atoms with van der Waals surface area (Å²) in [5, 5.41) is 2.66. The molecule has 29 heavy (non-hydrogen) atoms. The molecule has 2 N–H and O–H groups in total. The van der Waals surface area contributed by atoms with Crippen molar-refractivity contribution in [3.05, 3.63) is 58.1 Å². The average Bonchev–Trinajstić information content (AvgIpc) is 2.62. The molecule has 0 aromatic heterocycles. The zero-order valence-corrected chi connectivity index (χ0v) is 18.9. The lowest BCUT2D eigenvalue weighted by Crippen LogP contribution is -2.31. The van der Waals surface area contributed by atoms with Gasteiger partial charge in [-0.15, -0.1) is 0 Å². The summed E-state index contributed by atoms with van der Waals surface area (Å²) >= 11 is 3.22. The van der Waals surface area contributed by atoms with Crippen LogP contribution in [0, 0.1) is 6.92 Å². The van der Waals surface area contributed by atoms with E-state index in [-0.39, 0.29) is 16.5 Å². The largest absolute Gasteiger partial charge is 0.449 e. The van der Waals surface area contributed by atoms with Crippen molar-refractivity contribution < 1.29 is 22.7 Å². The third-order valence-corrected chi connectivity index (χ3v) is 6.18. The lowest BCUT2D eigenvalue weighted by molar-refractivity contribution is -0.123. The molecule has 0 fully saturated rings. The highest BCUT2D eigenvalue weighted by Crippen LogP contribution is 2.23. The Balaban J connectivity index is 2.14. The van der Waals surface area contributed by atoms with Crippen LogP contribution in [0.5, 0.6) is 0 Å². The van der Waals surface area contributed by atoms with Gasteiger partial charge in [0.15, 0.2) is 6.10 Å². The molecule has 0 aliphatic heterocycles. The fraction of sp³-hybridized carbons (Fsp3) is 0.300. The second-order valence-electron chi connectivity index (χ2n) is 6.82. The summed E-state index contributed by atoms with van der Waals surface area (Å²) in [6.45, 7) is 6.76. The van der Waals surface area contributed by atoms with Crippen molar-refractivity contribution in [1.29, 1.82) is 0 Å². The number of aryl methyl sites for hydroxylation is 1. The van der Waals surface area contributed by atoms with Gasteiger partial charge in [-0.3, -0.25) is 4.79 Å². The lowest BCUT2D eigenvalue weighted by atomic mass is 10.2. The summed E-state index contributed by atoms with van der Waals surface area (Å²) < 4.78 is 32.7. The number of amides is 1. The second kappa shape index (κ2) is 9.51. The molecule has 0 spiro atoms. The van der Waals surface area contributed by atoms with Crippen LogP contribution in [0.15, 0.2) is 51.8 Å². The fourth-order valence-electron chi connectivity index (χ4n) is 2.36. The van der Waals surface area contributed by atoms with Crippen molar-refractivity contribution in [3.8, 4) is 0 Å². The SMILES string of the molecule is Cc1ccc(NC(=O)[C@@H](C)OC(=O)c2cc(S(=O)(=O)NC(C)C)ccc2Br)cc1. The van der Waals surface area contributed by atoms with Crippen LogP contribution in [0.25, 0.3) is 0 Å². The maximum Gasteiger partial charge on any atom is 0.340 e. The van der Waals surface area contributed by atoms with Crippen LogP contribution in [0.4, 0.5) is 5.69 Å². The van der Waals surface area contributed by atoms with E-state index in [0.717, 1.165) is 5.56 Å². The van der Waals surface area contributed by atoms with Crippen LogP contribution >= 0.6 is 15.9 Å². The molecular formula is C20H23BrN2O5S. The Morgan fingerprint density at radius 3 is 2.24 bits per heavy atom. The molecule has 9 heteroatoms. The molecular weight excluding hydrogens is 460 g/mol. The van der Waals surface area contributed by atoms with E-state index in [2.05, 4.69) is 26.0 Å². The number of sulfonamides is 1. The number of benzene rings is 2. The molecule has 0 aliphatic rings. The molecule has 1 amide bonds. The molecule has 0 saturated carbocycles. The molecule has 0 unspecified atom stereocenters. The van der Waals surface area contributed by atoms with Crippen molar-refractivity contribution in [1.82, 2.24) is 4.72 Å².